The Morgan fingerprint density at radius 3 is 2.44 bits per heavy atom. The first-order chi connectivity index (χ1) is 12.6. The Hall–Kier alpha value is -0.120. The Bertz CT molecular complexity index is 391. The van der Waals surface area contributed by atoms with Crippen LogP contribution in [0.25, 0.3) is 0 Å². The fraction of sp³-hybridized carbons (Fsp3) is 0.950. The number of aliphatic hydroxyl groups is 1. The summed E-state index contributed by atoms with van der Waals surface area (Å²) in [4.78, 5) is 9.82. The number of aliphatic hydroxyl groups excluding tert-OH is 1. The molecule has 27 heavy (non-hydrogen) atoms. The number of aliphatic imine (C=N–C) groups is 1. The van der Waals surface area contributed by atoms with Gasteiger partial charge in [-0.3, -0.25) is 4.99 Å². The van der Waals surface area contributed by atoms with Crippen molar-refractivity contribution in [2.45, 2.75) is 52.9 Å². The highest BCUT2D eigenvalue weighted by Gasteiger charge is 2.25. The zero-order chi connectivity index (χ0) is 19.3. The molecule has 1 saturated heterocycles. The van der Waals surface area contributed by atoms with Crippen molar-refractivity contribution in [2.75, 3.05) is 66.0 Å². The van der Waals surface area contributed by atoms with Crippen LogP contribution in [0.2, 0.25) is 0 Å². The Morgan fingerprint density at radius 1 is 1.07 bits per heavy atom. The van der Waals surface area contributed by atoms with Crippen molar-refractivity contribution >= 4 is 29.9 Å². The molecule has 3 N–H and O–H groups in total. The number of nitrogens with zero attached hydrogens (tertiary/aromatic N) is 3. The van der Waals surface area contributed by atoms with Gasteiger partial charge in [0.15, 0.2) is 5.96 Å². The van der Waals surface area contributed by atoms with Crippen molar-refractivity contribution in [1.29, 1.82) is 0 Å². The molecule has 0 saturated carbocycles. The van der Waals surface area contributed by atoms with Crippen LogP contribution in [0.15, 0.2) is 4.99 Å². The zero-order valence-electron chi connectivity index (χ0n) is 18.1. The summed E-state index contributed by atoms with van der Waals surface area (Å²) < 4.78 is 0. The van der Waals surface area contributed by atoms with Gasteiger partial charge >= 0.3 is 0 Å². The number of hydrogen-bond donors (Lipinski definition) is 3. The lowest BCUT2D eigenvalue weighted by atomic mass is 9.79. The zero-order valence-corrected chi connectivity index (χ0v) is 20.4. The lowest BCUT2D eigenvalue weighted by Crippen LogP contribution is -2.40. The quantitative estimate of drug-likeness (QED) is 0.177. The van der Waals surface area contributed by atoms with Crippen molar-refractivity contribution in [3.8, 4) is 0 Å². The van der Waals surface area contributed by atoms with Gasteiger partial charge in [0.05, 0.1) is 0 Å². The fourth-order valence-corrected chi connectivity index (χ4v) is 3.56. The predicted octanol–water partition coefficient (Wildman–Crippen LogP) is 2.38. The van der Waals surface area contributed by atoms with Crippen molar-refractivity contribution in [1.82, 2.24) is 20.4 Å². The molecule has 1 fully saturated rings. The third-order valence-electron chi connectivity index (χ3n) is 5.81. The first kappa shape index (κ1) is 26.9. The minimum atomic E-state index is 0. The molecule has 1 heterocycles. The van der Waals surface area contributed by atoms with Crippen LogP contribution in [0.5, 0.6) is 0 Å². The number of likely N-dealkylation sites (N-methyl/N-ethyl adjacent to an activating group) is 1. The van der Waals surface area contributed by atoms with Crippen LogP contribution in [0, 0.1) is 5.41 Å². The van der Waals surface area contributed by atoms with E-state index in [2.05, 4.69) is 48.3 Å². The molecule has 7 heteroatoms. The van der Waals surface area contributed by atoms with Crippen LogP contribution >= 0.6 is 24.0 Å². The summed E-state index contributed by atoms with van der Waals surface area (Å²) >= 11 is 0. The molecule has 0 amide bonds. The van der Waals surface area contributed by atoms with Gasteiger partial charge in [0.25, 0.3) is 0 Å². The van der Waals surface area contributed by atoms with Gasteiger partial charge in [-0.1, -0.05) is 13.8 Å². The third kappa shape index (κ3) is 10.9. The maximum Gasteiger partial charge on any atom is 0.191 e. The van der Waals surface area contributed by atoms with E-state index in [1.54, 1.807) is 0 Å². The van der Waals surface area contributed by atoms with Crippen molar-refractivity contribution < 1.29 is 5.11 Å². The van der Waals surface area contributed by atoms with Crippen molar-refractivity contribution in [2.24, 2.45) is 10.4 Å². The molecule has 0 aromatic carbocycles. The van der Waals surface area contributed by atoms with Gasteiger partial charge in [-0.2, -0.15) is 0 Å². The second kappa shape index (κ2) is 15.8. The van der Waals surface area contributed by atoms with Gasteiger partial charge in [0.1, 0.15) is 0 Å². The van der Waals surface area contributed by atoms with E-state index in [1.807, 2.05) is 0 Å². The lowest BCUT2D eigenvalue weighted by molar-refractivity contribution is 0.175. The van der Waals surface area contributed by atoms with Crippen molar-refractivity contribution in [3.63, 3.8) is 0 Å². The molecular weight excluding hydrogens is 453 g/mol. The minimum absolute atomic E-state index is 0. The van der Waals surface area contributed by atoms with E-state index in [0.29, 0.717) is 0 Å². The lowest BCUT2D eigenvalue weighted by Gasteiger charge is -2.29. The second-order valence-corrected chi connectivity index (χ2v) is 7.65. The third-order valence-corrected chi connectivity index (χ3v) is 5.81. The van der Waals surface area contributed by atoms with E-state index in [4.69, 9.17) is 4.99 Å². The average molecular weight is 498 g/mol. The Balaban J connectivity index is 0.00000676. The van der Waals surface area contributed by atoms with Crippen LogP contribution in [-0.4, -0.2) is 86.9 Å². The molecule has 0 aromatic rings. The first-order valence-electron chi connectivity index (χ1n) is 10.6. The van der Waals surface area contributed by atoms with Gasteiger partial charge in [0.2, 0.25) is 0 Å². The normalized spacial score (nSPS) is 17.3. The van der Waals surface area contributed by atoms with E-state index in [9.17, 15) is 5.11 Å². The van der Waals surface area contributed by atoms with Crippen LogP contribution in [0.1, 0.15) is 52.9 Å². The average Bonchev–Trinajstić information content (AvgIpc) is 2.86. The van der Waals surface area contributed by atoms with Gasteiger partial charge in [0, 0.05) is 39.3 Å². The van der Waals surface area contributed by atoms with Gasteiger partial charge in [-0.25, -0.2) is 0 Å². The van der Waals surface area contributed by atoms with Gasteiger partial charge < -0.3 is 25.5 Å². The molecule has 1 aliphatic heterocycles. The number of halogens is 1. The van der Waals surface area contributed by atoms with Gasteiger partial charge in [-0.05, 0) is 71.1 Å². The summed E-state index contributed by atoms with van der Waals surface area (Å²) in [6, 6.07) is 0. The molecule has 0 spiro atoms. The second-order valence-electron chi connectivity index (χ2n) is 7.65. The summed E-state index contributed by atoms with van der Waals surface area (Å²) in [6.07, 6.45) is 5.34. The largest absolute Gasteiger partial charge is 0.396 e. The Kier molecular flexibility index (Phi) is 15.7. The molecule has 0 bridgehead atoms. The number of hydrogen-bond acceptors (Lipinski definition) is 4. The smallest absolute Gasteiger partial charge is 0.191 e. The Labute approximate surface area is 184 Å². The molecule has 0 atom stereocenters. The van der Waals surface area contributed by atoms with E-state index in [1.165, 1.54) is 32.6 Å². The SMILES string of the molecule is CCNC(=NCC(CC)(CC)CCO)NCCCN1CCCN(C)CC1.I. The van der Waals surface area contributed by atoms with Gasteiger partial charge in [-0.15, -0.1) is 24.0 Å². The maximum atomic E-state index is 9.38. The molecule has 0 aliphatic carbocycles. The molecule has 6 nitrogen and oxygen atoms in total. The number of guanidine groups is 1. The standard InChI is InChI=1S/C20H43N5O.HI/c1-5-20(6-2,10-17-26)18-23-19(21-7-3)22-11-8-13-25-14-9-12-24(4)15-16-25;/h26H,5-18H2,1-4H3,(H2,21,22,23);1H. The highest BCUT2D eigenvalue weighted by molar-refractivity contribution is 14.0. The Morgan fingerprint density at radius 2 is 1.81 bits per heavy atom. The molecule has 0 unspecified atom stereocenters. The highest BCUT2D eigenvalue weighted by Crippen LogP contribution is 2.30. The topological polar surface area (TPSA) is 63.1 Å². The number of nitrogens with one attached hydrogen (secondary N) is 2. The number of rotatable bonds is 11. The minimum Gasteiger partial charge on any atom is -0.396 e. The van der Waals surface area contributed by atoms with E-state index in [-0.39, 0.29) is 36.0 Å². The van der Waals surface area contributed by atoms with E-state index < -0.39 is 0 Å². The fourth-order valence-electron chi connectivity index (χ4n) is 3.56. The van der Waals surface area contributed by atoms with Crippen LogP contribution in [-0.2, 0) is 0 Å². The molecule has 0 radical (unpaired) electrons. The molecule has 1 rings (SSSR count). The summed E-state index contributed by atoms with van der Waals surface area (Å²) in [5, 5.41) is 16.2. The van der Waals surface area contributed by atoms with Crippen LogP contribution in [0.3, 0.4) is 0 Å². The molecule has 1 aliphatic rings. The van der Waals surface area contributed by atoms with E-state index in [0.717, 1.165) is 57.8 Å². The van der Waals surface area contributed by atoms with Crippen LogP contribution in [0.4, 0.5) is 0 Å². The molecule has 162 valence electrons. The van der Waals surface area contributed by atoms with Crippen LogP contribution < -0.4 is 10.6 Å². The summed E-state index contributed by atoms with van der Waals surface area (Å²) in [5.74, 6) is 0.910. The molecule has 0 aromatic heterocycles. The highest BCUT2D eigenvalue weighted by atomic mass is 127. The molecular formula is C20H44IN5O. The first-order valence-corrected chi connectivity index (χ1v) is 10.6. The van der Waals surface area contributed by atoms with E-state index >= 15 is 0 Å². The maximum absolute atomic E-state index is 9.38. The summed E-state index contributed by atoms with van der Waals surface area (Å²) in [6.45, 7) is 15.3. The summed E-state index contributed by atoms with van der Waals surface area (Å²) in [5.41, 5.74) is 0.120. The monoisotopic (exact) mass is 497 g/mol. The predicted molar refractivity (Wildman–Crippen MR) is 127 cm³/mol. The van der Waals surface area contributed by atoms with Crippen molar-refractivity contribution in [3.05, 3.63) is 0 Å². The summed E-state index contributed by atoms with van der Waals surface area (Å²) in [7, 11) is 2.22.